The molecule has 0 amide bonds. The first-order valence-corrected chi connectivity index (χ1v) is 12.6. The molecular weight excluding hydrogens is 344 g/mol. The van der Waals surface area contributed by atoms with Crippen LogP contribution in [0, 0.1) is 5.92 Å². The van der Waals surface area contributed by atoms with Gasteiger partial charge in [-0.3, -0.25) is 0 Å². The minimum Gasteiger partial charge on any atom is -0.414 e. The zero-order chi connectivity index (χ0) is 19.5. The van der Waals surface area contributed by atoms with Gasteiger partial charge in [0, 0.05) is 5.92 Å². The monoisotopic (exact) mass is 380 g/mol. The van der Waals surface area contributed by atoms with Crippen molar-refractivity contribution >= 4 is 8.32 Å². The fraction of sp³-hybridized carbons (Fsp3) is 0.714. The molecule has 1 fully saturated rings. The molecule has 1 aliphatic heterocycles. The first-order chi connectivity index (χ1) is 12.0. The maximum atomic E-state index is 10.9. The largest absolute Gasteiger partial charge is 0.414 e. The van der Waals surface area contributed by atoms with Crippen LogP contribution in [0.2, 0.25) is 18.1 Å². The van der Waals surface area contributed by atoms with E-state index in [1.807, 2.05) is 30.3 Å². The minimum absolute atomic E-state index is 0.0205. The highest BCUT2D eigenvalue weighted by atomic mass is 28.4. The predicted octanol–water partition coefficient (Wildman–Crippen LogP) is 4.38. The molecule has 0 bridgehead atoms. The maximum Gasteiger partial charge on any atom is 0.192 e. The van der Waals surface area contributed by atoms with Gasteiger partial charge in [-0.15, -0.1) is 0 Å². The van der Waals surface area contributed by atoms with Crippen molar-refractivity contribution in [1.29, 1.82) is 0 Å². The molecule has 1 aromatic carbocycles. The first kappa shape index (κ1) is 21.6. The Balaban J connectivity index is 2.00. The van der Waals surface area contributed by atoms with Crippen molar-refractivity contribution in [3.8, 4) is 0 Å². The Morgan fingerprint density at radius 2 is 1.73 bits per heavy atom. The SMILES string of the molecule is CC1[C@H](C)OC(CO[Si](C)(C)C(C)(C)C)[C@@H](O)[C@H]1OCc1ccccc1. The van der Waals surface area contributed by atoms with Crippen LogP contribution in [0.15, 0.2) is 30.3 Å². The van der Waals surface area contributed by atoms with Gasteiger partial charge in [0.05, 0.1) is 25.4 Å². The molecule has 148 valence electrons. The number of hydrogen-bond acceptors (Lipinski definition) is 4. The van der Waals surface area contributed by atoms with Gasteiger partial charge in [-0.05, 0) is 30.6 Å². The third-order valence-electron chi connectivity index (χ3n) is 6.07. The number of rotatable bonds is 6. The van der Waals surface area contributed by atoms with Crippen LogP contribution >= 0.6 is 0 Å². The average Bonchev–Trinajstić information content (AvgIpc) is 2.57. The summed E-state index contributed by atoms with van der Waals surface area (Å²) in [6.07, 6.45) is -1.27. The summed E-state index contributed by atoms with van der Waals surface area (Å²) in [4.78, 5) is 0. The van der Waals surface area contributed by atoms with Gasteiger partial charge in [-0.1, -0.05) is 58.0 Å². The number of hydrogen-bond donors (Lipinski definition) is 1. The molecule has 1 aromatic rings. The molecule has 26 heavy (non-hydrogen) atoms. The lowest BCUT2D eigenvalue weighted by atomic mass is 9.88. The molecule has 5 atom stereocenters. The van der Waals surface area contributed by atoms with Crippen LogP contribution in [-0.2, 0) is 20.5 Å². The molecule has 2 unspecified atom stereocenters. The van der Waals surface area contributed by atoms with Crippen molar-refractivity contribution in [3.05, 3.63) is 35.9 Å². The van der Waals surface area contributed by atoms with Gasteiger partial charge in [0.2, 0.25) is 0 Å². The summed E-state index contributed by atoms with van der Waals surface area (Å²) < 4.78 is 18.5. The molecular formula is C21H36O4Si. The van der Waals surface area contributed by atoms with E-state index in [4.69, 9.17) is 13.9 Å². The van der Waals surface area contributed by atoms with E-state index in [1.54, 1.807) is 0 Å². The molecule has 0 aromatic heterocycles. The summed E-state index contributed by atoms with van der Waals surface area (Å²) in [7, 11) is -1.88. The lowest BCUT2D eigenvalue weighted by Crippen LogP contribution is -2.56. The fourth-order valence-corrected chi connectivity index (χ4v) is 3.95. The van der Waals surface area contributed by atoms with Gasteiger partial charge < -0.3 is 19.0 Å². The highest BCUT2D eigenvalue weighted by molar-refractivity contribution is 6.74. The summed E-state index contributed by atoms with van der Waals surface area (Å²) in [6, 6.07) is 10.1. The Morgan fingerprint density at radius 1 is 1.12 bits per heavy atom. The second-order valence-corrected chi connectivity index (χ2v) is 13.9. The van der Waals surface area contributed by atoms with E-state index in [0.717, 1.165) is 5.56 Å². The predicted molar refractivity (Wildman–Crippen MR) is 108 cm³/mol. The van der Waals surface area contributed by atoms with Crippen molar-refractivity contribution < 1.29 is 19.0 Å². The number of aliphatic hydroxyl groups excluding tert-OH is 1. The van der Waals surface area contributed by atoms with E-state index in [0.29, 0.717) is 13.2 Å². The van der Waals surface area contributed by atoms with Crippen LogP contribution in [0.5, 0.6) is 0 Å². The van der Waals surface area contributed by atoms with Crippen LogP contribution in [-0.4, -0.2) is 44.4 Å². The van der Waals surface area contributed by atoms with E-state index < -0.39 is 14.4 Å². The maximum absolute atomic E-state index is 10.9. The van der Waals surface area contributed by atoms with Crippen LogP contribution in [0.25, 0.3) is 0 Å². The van der Waals surface area contributed by atoms with Crippen LogP contribution in [0.3, 0.4) is 0 Å². The van der Waals surface area contributed by atoms with Gasteiger partial charge in [0.1, 0.15) is 12.2 Å². The van der Waals surface area contributed by atoms with E-state index in [-0.39, 0.29) is 29.3 Å². The quantitative estimate of drug-likeness (QED) is 0.744. The summed E-state index contributed by atoms with van der Waals surface area (Å²) >= 11 is 0. The smallest absolute Gasteiger partial charge is 0.192 e. The van der Waals surface area contributed by atoms with Gasteiger partial charge in [0.25, 0.3) is 0 Å². The zero-order valence-electron chi connectivity index (χ0n) is 17.4. The van der Waals surface area contributed by atoms with Crippen molar-refractivity contribution in [2.75, 3.05) is 6.61 Å². The molecule has 1 N–H and O–H groups in total. The Labute approximate surface area is 160 Å². The summed E-state index contributed by atoms with van der Waals surface area (Å²) in [5, 5.41) is 11.0. The summed E-state index contributed by atoms with van der Waals surface area (Å²) in [5.41, 5.74) is 1.11. The van der Waals surface area contributed by atoms with Gasteiger partial charge >= 0.3 is 0 Å². The van der Waals surface area contributed by atoms with E-state index in [2.05, 4.69) is 47.7 Å². The third-order valence-corrected chi connectivity index (χ3v) is 10.6. The third kappa shape index (κ3) is 5.17. The molecule has 0 radical (unpaired) electrons. The number of aliphatic hydroxyl groups is 1. The second kappa shape index (κ2) is 8.53. The Kier molecular flexibility index (Phi) is 7.08. The Bertz CT molecular complexity index is 555. The fourth-order valence-electron chi connectivity index (χ4n) is 2.93. The van der Waals surface area contributed by atoms with Crippen molar-refractivity contribution in [2.24, 2.45) is 5.92 Å². The zero-order valence-corrected chi connectivity index (χ0v) is 18.4. The molecule has 1 saturated heterocycles. The molecule has 4 nitrogen and oxygen atoms in total. The number of benzene rings is 1. The van der Waals surface area contributed by atoms with Gasteiger partial charge in [0.15, 0.2) is 8.32 Å². The molecule has 0 saturated carbocycles. The van der Waals surface area contributed by atoms with E-state index >= 15 is 0 Å². The van der Waals surface area contributed by atoms with Crippen molar-refractivity contribution in [3.63, 3.8) is 0 Å². The minimum atomic E-state index is -1.88. The summed E-state index contributed by atoms with van der Waals surface area (Å²) in [5.74, 6) is 0.123. The summed E-state index contributed by atoms with van der Waals surface area (Å²) in [6.45, 7) is 16.1. The lowest BCUT2D eigenvalue weighted by Gasteiger charge is -2.44. The standard InChI is InChI=1S/C21H36O4Si/c1-15-16(2)25-18(14-24-26(6,7)21(3,4)5)19(22)20(15)23-13-17-11-9-8-10-12-17/h8-12,15-16,18-20,22H,13-14H2,1-7H3/t15?,16-,18?,19+,20-/m0/s1. The molecule has 5 heteroatoms. The topological polar surface area (TPSA) is 47.9 Å². The molecule has 1 aliphatic rings. The van der Waals surface area contributed by atoms with Gasteiger partial charge in [-0.2, -0.15) is 0 Å². The number of ether oxygens (including phenoxy) is 2. The Hall–Kier alpha value is -0.723. The Morgan fingerprint density at radius 3 is 2.31 bits per heavy atom. The normalized spacial score (nSPS) is 30.4. The first-order valence-electron chi connectivity index (χ1n) is 9.66. The van der Waals surface area contributed by atoms with Gasteiger partial charge in [-0.25, -0.2) is 0 Å². The average molecular weight is 381 g/mol. The molecule has 1 heterocycles. The van der Waals surface area contributed by atoms with Crippen LogP contribution < -0.4 is 0 Å². The van der Waals surface area contributed by atoms with Crippen LogP contribution in [0.4, 0.5) is 0 Å². The lowest BCUT2D eigenvalue weighted by molar-refractivity contribution is -0.216. The molecule has 0 spiro atoms. The van der Waals surface area contributed by atoms with Crippen molar-refractivity contribution in [2.45, 2.75) is 83.8 Å². The van der Waals surface area contributed by atoms with Crippen molar-refractivity contribution in [1.82, 2.24) is 0 Å². The highest BCUT2D eigenvalue weighted by Crippen LogP contribution is 2.37. The second-order valence-electron chi connectivity index (χ2n) is 9.06. The van der Waals surface area contributed by atoms with E-state index in [9.17, 15) is 5.11 Å². The molecule has 2 rings (SSSR count). The highest BCUT2D eigenvalue weighted by Gasteiger charge is 2.44. The van der Waals surface area contributed by atoms with Crippen LogP contribution in [0.1, 0.15) is 40.2 Å². The van der Waals surface area contributed by atoms with E-state index in [1.165, 1.54) is 0 Å². The molecule has 0 aliphatic carbocycles.